The van der Waals surface area contributed by atoms with Crippen molar-refractivity contribution in [3.63, 3.8) is 0 Å². The molecule has 0 radical (unpaired) electrons. The Bertz CT molecular complexity index is 571. The number of ether oxygens (including phenoxy) is 1. The van der Waals surface area contributed by atoms with Crippen molar-refractivity contribution < 1.29 is 19.4 Å². The van der Waals surface area contributed by atoms with Crippen molar-refractivity contribution in [2.24, 2.45) is 5.92 Å². The number of carboxylic acid groups (broad SMARTS) is 1. The van der Waals surface area contributed by atoms with Crippen LogP contribution in [0.5, 0.6) is 0 Å². The quantitative estimate of drug-likeness (QED) is 0.0501. The number of unbranched alkanes of at least 4 members (excludes halogenated alkanes) is 23. The fourth-order valence-corrected chi connectivity index (χ4v) is 5.37. The number of carbonyl (C=O) groups excluding carboxylic acids is 1. The van der Waals surface area contributed by atoms with E-state index in [1.807, 2.05) is 6.92 Å². The zero-order chi connectivity index (χ0) is 29.4. The molecule has 0 spiro atoms. The smallest absolute Gasteiger partial charge is 0.307 e. The summed E-state index contributed by atoms with van der Waals surface area (Å²) >= 11 is 0. The van der Waals surface area contributed by atoms with E-state index in [2.05, 4.69) is 19.1 Å². The lowest BCUT2D eigenvalue weighted by Crippen LogP contribution is -2.19. The first-order valence-electron chi connectivity index (χ1n) is 17.6. The van der Waals surface area contributed by atoms with Gasteiger partial charge in [0.25, 0.3) is 0 Å². The van der Waals surface area contributed by atoms with Crippen molar-refractivity contribution >= 4 is 11.9 Å². The minimum atomic E-state index is -0.874. The molecule has 0 fully saturated rings. The second-order valence-electron chi connectivity index (χ2n) is 12.1. The molecule has 236 valence electrons. The maximum absolute atomic E-state index is 11.7. The van der Waals surface area contributed by atoms with E-state index in [0.29, 0.717) is 13.0 Å². The molecule has 0 aliphatic rings. The summed E-state index contributed by atoms with van der Waals surface area (Å²) in [6, 6.07) is 0. The second kappa shape index (κ2) is 32.2. The predicted molar refractivity (Wildman–Crippen MR) is 172 cm³/mol. The van der Waals surface area contributed by atoms with E-state index in [1.165, 1.54) is 148 Å². The van der Waals surface area contributed by atoms with E-state index in [1.54, 1.807) is 0 Å². The molecule has 0 aliphatic carbocycles. The van der Waals surface area contributed by atoms with Gasteiger partial charge in [-0.25, -0.2) is 0 Å². The second-order valence-corrected chi connectivity index (χ2v) is 12.1. The molecule has 40 heavy (non-hydrogen) atoms. The molecule has 0 aliphatic heterocycles. The first-order valence-corrected chi connectivity index (χ1v) is 17.6. The number of aliphatic carboxylic acids is 1. The molecule has 0 aromatic rings. The molecular formula is C36H68O4. The van der Waals surface area contributed by atoms with Gasteiger partial charge in [0.05, 0.1) is 18.9 Å². The minimum absolute atomic E-state index is 0.00720. The van der Waals surface area contributed by atoms with Crippen LogP contribution in [-0.4, -0.2) is 23.7 Å². The summed E-state index contributed by atoms with van der Waals surface area (Å²) in [5, 5.41) is 9.34. The van der Waals surface area contributed by atoms with Crippen LogP contribution in [0.3, 0.4) is 0 Å². The summed E-state index contributed by atoms with van der Waals surface area (Å²) in [6.07, 6.45) is 39.5. The largest absolute Gasteiger partial charge is 0.481 e. The van der Waals surface area contributed by atoms with Gasteiger partial charge in [-0.15, -0.1) is 0 Å². The van der Waals surface area contributed by atoms with Crippen molar-refractivity contribution in [1.82, 2.24) is 0 Å². The maximum atomic E-state index is 11.7. The van der Waals surface area contributed by atoms with Crippen LogP contribution >= 0.6 is 0 Å². The molecule has 1 atom stereocenters. The zero-order valence-electron chi connectivity index (χ0n) is 26.9. The number of esters is 1. The fourth-order valence-electron chi connectivity index (χ4n) is 5.37. The minimum Gasteiger partial charge on any atom is -0.481 e. The summed E-state index contributed by atoms with van der Waals surface area (Å²) < 4.78 is 5.03. The van der Waals surface area contributed by atoms with Gasteiger partial charge < -0.3 is 9.84 Å². The Morgan fingerprint density at radius 3 is 1.30 bits per heavy atom. The van der Waals surface area contributed by atoms with Crippen LogP contribution in [0.25, 0.3) is 0 Å². The van der Waals surface area contributed by atoms with Crippen LogP contribution in [0.4, 0.5) is 0 Å². The van der Waals surface area contributed by atoms with E-state index in [9.17, 15) is 14.7 Å². The van der Waals surface area contributed by atoms with Gasteiger partial charge >= 0.3 is 11.9 Å². The number of carboxylic acids is 1. The Labute approximate surface area is 249 Å². The Hall–Kier alpha value is -1.32. The monoisotopic (exact) mass is 565 g/mol. The first-order chi connectivity index (χ1) is 19.6. The van der Waals surface area contributed by atoms with E-state index in [0.717, 1.165) is 19.3 Å². The van der Waals surface area contributed by atoms with Crippen molar-refractivity contribution in [2.45, 2.75) is 194 Å². The highest BCUT2D eigenvalue weighted by atomic mass is 16.5. The number of rotatable bonds is 32. The fraction of sp³-hybridized carbons (Fsp3) is 0.889. The summed E-state index contributed by atoms with van der Waals surface area (Å²) in [6.45, 7) is 4.58. The SMILES string of the molecule is CCCCC/C=C/CCCCCCCCCCCCCCCCCCCCCCC(CC(=O)OCCC)C(=O)O. The standard InChI is InChI=1S/C36H68O4/c1-3-5-6-7-8-9-10-11-12-13-14-15-16-17-18-19-20-21-22-23-24-25-26-27-28-29-30-31-34(36(38)39)33-35(37)40-32-4-2/h8-9,34H,3-7,10-33H2,1-2H3,(H,38,39)/b9-8+. The third-order valence-electron chi connectivity index (χ3n) is 8.04. The highest BCUT2D eigenvalue weighted by Crippen LogP contribution is 2.18. The third kappa shape index (κ3) is 29.7. The molecule has 4 heteroatoms. The first kappa shape index (κ1) is 38.7. The summed E-state index contributed by atoms with van der Waals surface area (Å²) in [5.74, 6) is -1.85. The van der Waals surface area contributed by atoms with E-state index in [4.69, 9.17) is 4.74 Å². The van der Waals surface area contributed by atoms with Gasteiger partial charge in [0.2, 0.25) is 0 Å². The molecular weight excluding hydrogens is 496 g/mol. The predicted octanol–water partition coefficient (Wildman–Crippen LogP) is 11.7. The average molecular weight is 565 g/mol. The van der Waals surface area contributed by atoms with Gasteiger partial charge in [0.1, 0.15) is 0 Å². The highest BCUT2D eigenvalue weighted by Gasteiger charge is 2.21. The normalized spacial score (nSPS) is 12.2. The van der Waals surface area contributed by atoms with E-state index in [-0.39, 0.29) is 12.4 Å². The lowest BCUT2D eigenvalue weighted by atomic mass is 9.97. The molecule has 1 N–H and O–H groups in total. The third-order valence-corrected chi connectivity index (χ3v) is 8.04. The van der Waals surface area contributed by atoms with Crippen molar-refractivity contribution in [3.8, 4) is 0 Å². The molecule has 0 aromatic carbocycles. The van der Waals surface area contributed by atoms with Crippen molar-refractivity contribution in [2.75, 3.05) is 6.61 Å². The Morgan fingerprint density at radius 1 is 0.550 bits per heavy atom. The lowest BCUT2D eigenvalue weighted by Gasteiger charge is -2.11. The van der Waals surface area contributed by atoms with Gasteiger partial charge in [0.15, 0.2) is 0 Å². The molecule has 1 unspecified atom stereocenters. The molecule has 0 aromatic heterocycles. The highest BCUT2D eigenvalue weighted by molar-refractivity contribution is 5.78. The van der Waals surface area contributed by atoms with Crippen LogP contribution in [0.1, 0.15) is 194 Å². The molecule has 0 bridgehead atoms. The molecule has 4 nitrogen and oxygen atoms in total. The summed E-state index contributed by atoms with van der Waals surface area (Å²) in [7, 11) is 0. The summed E-state index contributed by atoms with van der Waals surface area (Å²) in [5.41, 5.74) is 0. The average Bonchev–Trinajstić information content (AvgIpc) is 2.94. The number of carbonyl (C=O) groups is 2. The number of allylic oxidation sites excluding steroid dienone is 2. The van der Waals surface area contributed by atoms with Crippen LogP contribution in [-0.2, 0) is 14.3 Å². The topological polar surface area (TPSA) is 63.6 Å². The summed E-state index contributed by atoms with van der Waals surface area (Å²) in [4.78, 5) is 23.1. The zero-order valence-corrected chi connectivity index (χ0v) is 26.9. The van der Waals surface area contributed by atoms with Crippen LogP contribution in [0, 0.1) is 5.92 Å². The van der Waals surface area contributed by atoms with Gasteiger partial charge in [-0.3, -0.25) is 9.59 Å². The van der Waals surface area contributed by atoms with Gasteiger partial charge in [-0.1, -0.05) is 161 Å². The molecule has 0 amide bonds. The molecule has 0 heterocycles. The van der Waals surface area contributed by atoms with Gasteiger partial charge in [-0.2, -0.15) is 0 Å². The van der Waals surface area contributed by atoms with E-state index >= 15 is 0 Å². The van der Waals surface area contributed by atoms with Crippen molar-refractivity contribution in [1.29, 1.82) is 0 Å². The Balaban J connectivity index is 3.28. The van der Waals surface area contributed by atoms with Crippen LogP contribution in [0.2, 0.25) is 0 Å². The van der Waals surface area contributed by atoms with Gasteiger partial charge in [0, 0.05) is 0 Å². The Kier molecular flexibility index (Phi) is 31.1. The number of hydrogen-bond donors (Lipinski definition) is 1. The maximum Gasteiger partial charge on any atom is 0.307 e. The molecule has 0 rings (SSSR count). The lowest BCUT2D eigenvalue weighted by molar-refractivity contribution is -0.151. The Morgan fingerprint density at radius 2 is 0.925 bits per heavy atom. The van der Waals surface area contributed by atoms with Crippen LogP contribution < -0.4 is 0 Å². The van der Waals surface area contributed by atoms with Crippen LogP contribution in [0.15, 0.2) is 12.2 Å². The number of hydrogen-bond acceptors (Lipinski definition) is 3. The molecule has 0 saturated carbocycles. The van der Waals surface area contributed by atoms with E-state index < -0.39 is 11.9 Å². The van der Waals surface area contributed by atoms with Crippen molar-refractivity contribution in [3.05, 3.63) is 12.2 Å². The van der Waals surface area contributed by atoms with Gasteiger partial charge in [-0.05, 0) is 38.5 Å². The molecule has 0 saturated heterocycles.